The Balaban J connectivity index is 1.55. The molecule has 4 aromatic rings. The summed E-state index contributed by atoms with van der Waals surface area (Å²) >= 11 is 0. The van der Waals surface area contributed by atoms with Crippen molar-refractivity contribution in [1.82, 2.24) is 0 Å². The first-order chi connectivity index (χ1) is 18.2. The predicted octanol–water partition coefficient (Wildman–Crippen LogP) is 6.40. The number of carbonyl (C=O) groups is 1. The molecule has 38 heavy (non-hydrogen) atoms. The van der Waals surface area contributed by atoms with Gasteiger partial charge in [-0.15, -0.1) is 0 Å². The van der Waals surface area contributed by atoms with Crippen molar-refractivity contribution in [3.63, 3.8) is 0 Å². The summed E-state index contributed by atoms with van der Waals surface area (Å²) in [5.41, 5.74) is 3.25. The molecule has 0 aromatic heterocycles. The molecule has 0 spiro atoms. The van der Waals surface area contributed by atoms with Crippen molar-refractivity contribution in [2.45, 2.75) is 37.9 Å². The smallest absolute Gasteiger partial charge is 0.508 e. The molecule has 4 aromatic carbocycles. The lowest BCUT2D eigenvalue weighted by Crippen LogP contribution is -2.28. The molecule has 0 amide bonds. The topological polar surface area (TPSA) is 116 Å². The summed E-state index contributed by atoms with van der Waals surface area (Å²) in [6, 6.07) is 26.6. The van der Waals surface area contributed by atoms with E-state index >= 15 is 0 Å². The fraction of sp³-hybridized carbons (Fsp3) is 0.194. The van der Waals surface area contributed by atoms with E-state index in [1.165, 1.54) is 0 Å². The second-order valence-electron chi connectivity index (χ2n) is 9.22. The van der Waals surface area contributed by atoms with Crippen molar-refractivity contribution in [1.29, 1.82) is 0 Å². The van der Waals surface area contributed by atoms with Gasteiger partial charge in [-0.2, -0.15) is 0 Å². The van der Waals surface area contributed by atoms with E-state index < -0.39 is 18.4 Å². The van der Waals surface area contributed by atoms with Crippen molar-refractivity contribution in [2.75, 3.05) is 0 Å². The largest absolute Gasteiger partial charge is 0.508 e. The van der Waals surface area contributed by atoms with Crippen LogP contribution in [0.1, 0.15) is 47.9 Å². The molecule has 196 valence electrons. The Morgan fingerprint density at radius 2 is 0.684 bits per heavy atom. The van der Waals surface area contributed by atoms with Gasteiger partial charge in [-0.25, -0.2) is 4.79 Å². The van der Waals surface area contributed by atoms with Crippen molar-refractivity contribution >= 4 is 6.16 Å². The molecular formula is C31H30O7. The minimum absolute atomic E-state index is 0.120. The molecule has 0 aliphatic heterocycles. The van der Waals surface area contributed by atoms with E-state index in [4.69, 9.17) is 9.47 Å². The van der Waals surface area contributed by atoms with Crippen molar-refractivity contribution in [2.24, 2.45) is 0 Å². The first kappa shape index (κ1) is 26.4. The zero-order valence-electron chi connectivity index (χ0n) is 21.1. The van der Waals surface area contributed by atoms with Gasteiger partial charge in [0, 0.05) is 11.8 Å². The Hall–Kier alpha value is -4.65. The first-order valence-corrected chi connectivity index (χ1v) is 12.2. The predicted molar refractivity (Wildman–Crippen MR) is 143 cm³/mol. The molecule has 0 aliphatic rings. The van der Waals surface area contributed by atoms with E-state index in [1.807, 2.05) is 0 Å². The molecule has 0 saturated carbocycles. The highest BCUT2D eigenvalue weighted by Crippen LogP contribution is 2.34. The summed E-state index contributed by atoms with van der Waals surface area (Å²) in [7, 11) is 0. The fourth-order valence-electron chi connectivity index (χ4n) is 4.66. The van der Waals surface area contributed by atoms with Crippen LogP contribution >= 0.6 is 0 Å². The molecule has 0 heterocycles. The van der Waals surface area contributed by atoms with Gasteiger partial charge in [0.15, 0.2) is 0 Å². The van der Waals surface area contributed by atoms with Crippen LogP contribution in [0.25, 0.3) is 0 Å². The molecule has 2 atom stereocenters. The average molecular weight is 515 g/mol. The molecule has 0 saturated heterocycles. The molecular weight excluding hydrogens is 484 g/mol. The number of aromatic hydroxyl groups is 4. The van der Waals surface area contributed by atoms with Gasteiger partial charge in [-0.3, -0.25) is 0 Å². The highest BCUT2D eigenvalue weighted by Gasteiger charge is 2.29. The van der Waals surface area contributed by atoms with Crippen molar-refractivity contribution in [3.05, 3.63) is 119 Å². The lowest BCUT2D eigenvalue weighted by Gasteiger charge is -2.28. The van der Waals surface area contributed by atoms with E-state index in [-0.39, 0.29) is 34.8 Å². The van der Waals surface area contributed by atoms with Crippen LogP contribution in [0.15, 0.2) is 97.1 Å². The molecule has 2 unspecified atom stereocenters. The van der Waals surface area contributed by atoms with E-state index in [2.05, 4.69) is 0 Å². The lowest BCUT2D eigenvalue weighted by molar-refractivity contribution is -0.0000577. The third-order valence-corrected chi connectivity index (χ3v) is 6.51. The molecule has 7 nitrogen and oxygen atoms in total. The molecule has 4 rings (SSSR count). The van der Waals surface area contributed by atoms with Gasteiger partial charge in [0.1, 0.15) is 35.2 Å². The number of rotatable bonds is 8. The summed E-state index contributed by atoms with van der Waals surface area (Å²) in [6.45, 7) is 3.52. The monoisotopic (exact) mass is 514 g/mol. The van der Waals surface area contributed by atoms with Crippen LogP contribution in [-0.2, 0) is 9.47 Å². The second-order valence-corrected chi connectivity index (χ2v) is 9.22. The summed E-state index contributed by atoms with van der Waals surface area (Å²) in [5.74, 6) is -0.291. The first-order valence-electron chi connectivity index (χ1n) is 12.2. The number of benzene rings is 4. The van der Waals surface area contributed by atoms with Crippen LogP contribution in [-0.4, -0.2) is 38.8 Å². The highest BCUT2D eigenvalue weighted by molar-refractivity contribution is 5.61. The number of ether oxygens (including phenoxy) is 2. The van der Waals surface area contributed by atoms with Crippen molar-refractivity contribution < 1.29 is 34.7 Å². The SMILES string of the molecule is CC(OC(=O)OC(C)C(c1ccc(O)cc1)c1ccc(O)cc1)C(c1ccc(O)cc1)c1ccc(O)cc1. The van der Waals surface area contributed by atoms with Crippen LogP contribution in [0.3, 0.4) is 0 Å². The van der Waals surface area contributed by atoms with Crippen LogP contribution in [0.2, 0.25) is 0 Å². The van der Waals surface area contributed by atoms with E-state index in [1.54, 1.807) is 111 Å². The van der Waals surface area contributed by atoms with Gasteiger partial charge in [-0.05, 0) is 84.6 Å². The van der Waals surface area contributed by atoms with Gasteiger partial charge >= 0.3 is 6.16 Å². The Morgan fingerprint density at radius 3 is 0.895 bits per heavy atom. The minimum atomic E-state index is -0.852. The normalized spacial score (nSPS) is 12.7. The standard InChI is InChI=1S/C31H30O7/c1-19(29(21-3-11-25(32)12-4-21)22-5-13-26(33)14-6-22)37-31(36)38-20(2)30(23-7-15-27(34)16-8-23)24-9-17-28(35)18-10-24/h3-20,29-30,32-35H,1-2H3. The van der Waals surface area contributed by atoms with E-state index in [0.29, 0.717) is 0 Å². The molecule has 4 N–H and O–H groups in total. The summed E-state index contributed by atoms with van der Waals surface area (Å²) in [6.07, 6.45) is -2.15. The van der Waals surface area contributed by atoms with Crippen LogP contribution < -0.4 is 0 Å². The zero-order valence-corrected chi connectivity index (χ0v) is 21.1. The zero-order chi connectivity index (χ0) is 27.2. The number of phenolic OH excluding ortho intramolecular Hbond substituents is 4. The summed E-state index contributed by atoms with van der Waals surface area (Å²) in [5, 5.41) is 38.9. The maximum absolute atomic E-state index is 13.0. The van der Waals surface area contributed by atoms with Gasteiger partial charge in [-0.1, -0.05) is 48.5 Å². The third-order valence-electron chi connectivity index (χ3n) is 6.51. The molecule has 7 heteroatoms. The third kappa shape index (κ3) is 6.37. The number of carbonyl (C=O) groups excluding carboxylic acids is 1. The van der Waals surface area contributed by atoms with Gasteiger partial charge in [0.25, 0.3) is 0 Å². The van der Waals surface area contributed by atoms with E-state index in [0.717, 1.165) is 22.3 Å². The highest BCUT2D eigenvalue weighted by atomic mass is 16.7. The quantitative estimate of drug-likeness (QED) is 0.201. The average Bonchev–Trinajstić information content (AvgIpc) is 2.89. The number of phenols is 4. The Labute approximate surface area is 221 Å². The van der Waals surface area contributed by atoms with Crippen molar-refractivity contribution in [3.8, 4) is 23.0 Å². The van der Waals surface area contributed by atoms with Gasteiger partial charge in [0.2, 0.25) is 0 Å². The molecule has 0 radical (unpaired) electrons. The van der Waals surface area contributed by atoms with Crippen LogP contribution in [0.5, 0.6) is 23.0 Å². The van der Waals surface area contributed by atoms with E-state index in [9.17, 15) is 25.2 Å². The lowest BCUT2D eigenvalue weighted by atomic mass is 9.87. The number of hydrogen-bond donors (Lipinski definition) is 4. The second kappa shape index (κ2) is 11.6. The maximum atomic E-state index is 13.0. The van der Waals surface area contributed by atoms with Gasteiger partial charge < -0.3 is 29.9 Å². The fourth-order valence-corrected chi connectivity index (χ4v) is 4.66. The summed E-state index contributed by atoms with van der Waals surface area (Å²) in [4.78, 5) is 13.0. The van der Waals surface area contributed by atoms with Crippen LogP contribution in [0, 0.1) is 0 Å². The van der Waals surface area contributed by atoms with Crippen LogP contribution in [0.4, 0.5) is 4.79 Å². The minimum Gasteiger partial charge on any atom is -0.508 e. The maximum Gasteiger partial charge on any atom is 0.508 e. The Morgan fingerprint density at radius 1 is 0.474 bits per heavy atom. The summed E-state index contributed by atoms with van der Waals surface area (Å²) < 4.78 is 11.5. The Kier molecular flexibility index (Phi) is 8.06. The molecule has 0 fully saturated rings. The molecule has 0 aliphatic carbocycles. The molecule has 0 bridgehead atoms. The Bertz CT molecular complexity index is 1140. The number of hydrogen-bond acceptors (Lipinski definition) is 7. The van der Waals surface area contributed by atoms with Gasteiger partial charge in [0.05, 0.1) is 0 Å².